The van der Waals surface area contributed by atoms with Crippen LogP contribution in [0.4, 0.5) is 0 Å². The fourth-order valence-electron chi connectivity index (χ4n) is 7.70. The molecule has 0 spiro atoms. The van der Waals surface area contributed by atoms with Crippen LogP contribution in [0.25, 0.3) is 0 Å². The third kappa shape index (κ3) is 1.62. The van der Waals surface area contributed by atoms with Gasteiger partial charge in [0.15, 0.2) is 0 Å². The molecule has 3 aliphatic carbocycles. The number of piperidine rings is 1. The van der Waals surface area contributed by atoms with Crippen LogP contribution in [0.3, 0.4) is 0 Å². The van der Waals surface area contributed by atoms with Crippen LogP contribution in [-0.2, 0) is 0 Å². The number of hydrogen-bond donors (Lipinski definition) is 1. The third-order valence-electron chi connectivity index (χ3n) is 8.81. The lowest BCUT2D eigenvalue weighted by Gasteiger charge is -2.62. The van der Waals surface area contributed by atoms with E-state index in [-0.39, 0.29) is 0 Å². The largest absolute Gasteiger partial charge is 0.370 e. The van der Waals surface area contributed by atoms with E-state index in [4.69, 9.17) is 0 Å². The minimum Gasteiger partial charge on any atom is -0.370 e. The van der Waals surface area contributed by atoms with Crippen molar-refractivity contribution in [2.75, 3.05) is 0 Å². The summed E-state index contributed by atoms with van der Waals surface area (Å²) in [6.45, 7) is 5.29. The van der Waals surface area contributed by atoms with Crippen molar-refractivity contribution in [3.63, 3.8) is 0 Å². The highest BCUT2D eigenvalue weighted by atomic mass is 15.3. The van der Waals surface area contributed by atoms with Crippen LogP contribution in [-0.4, -0.2) is 17.1 Å². The first kappa shape index (κ1) is 13.7. The monoisotopic (exact) mass is 300 g/mol. The van der Waals surface area contributed by atoms with Crippen molar-refractivity contribution in [2.24, 2.45) is 28.6 Å². The normalized spacial score (nSPS) is 55.9. The Kier molecular flexibility index (Phi) is 2.78. The van der Waals surface area contributed by atoms with Crippen molar-refractivity contribution in [3.05, 3.63) is 12.4 Å². The van der Waals surface area contributed by atoms with Gasteiger partial charge in [0.2, 0.25) is 0 Å². The van der Waals surface area contributed by atoms with Gasteiger partial charge in [-0.05, 0) is 80.0 Å². The molecular formula is C20H32N2. The zero-order valence-electron chi connectivity index (χ0n) is 14.4. The summed E-state index contributed by atoms with van der Waals surface area (Å²) in [4.78, 5) is 2.70. The van der Waals surface area contributed by atoms with E-state index in [9.17, 15) is 0 Å². The Morgan fingerprint density at radius 2 is 1.86 bits per heavy atom. The number of hydrogen-bond acceptors (Lipinski definition) is 2. The standard InChI is InChI=1S/C20H32N2/c1-19-9-3-4-15(19)14-5-6-17-20(2,16(14)7-10-19)11-8-18-21-12-13-22(17)18/h12-18,21H,3-11H2,1-2H3/t14?,15?,16?,17?,18?,19-,20+/m0/s1. The summed E-state index contributed by atoms with van der Waals surface area (Å²) < 4.78 is 0. The van der Waals surface area contributed by atoms with E-state index in [2.05, 4.69) is 36.5 Å². The van der Waals surface area contributed by atoms with Crippen LogP contribution in [0.15, 0.2) is 12.4 Å². The Balaban J connectivity index is 1.48. The first-order valence-corrected chi connectivity index (χ1v) is 9.82. The lowest BCUT2D eigenvalue weighted by molar-refractivity contribution is -0.123. The molecule has 5 aliphatic rings. The van der Waals surface area contributed by atoms with Gasteiger partial charge in [0.05, 0.1) is 6.17 Å². The van der Waals surface area contributed by atoms with Gasteiger partial charge in [-0.1, -0.05) is 20.3 Å². The van der Waals surface area contributed by atoms with Crippen molar-refractivity contribution in [2.45, 2.75) is 83.8 Å². The van der Waals surface area contributed by atoms with Gasteiger partial charge in [-0.15, -0.1) is 0 Å². The third-order valence-corrected chi connectivity index (χ3v) is 8.81. The molecule has 5 unspecified atom stereocenters. The Labute approximate surface area is 135 Å². The summed E-state index contributed by atoms with van der Waals surface area (Å²) in [6, 6.07) is 0.796. The average molecular weight is 300 g/mol. The molecule has 0 aromatic rings. The molecule has 4 fully saturated rings. The second-order valence-electron chi connectivity index (χ2n) is 9.54. The minimum atomic E-state index is 0.569. The highest BCUT2D eigenvalue weighted by Gasteiger charge is 2.59. The fourth-order valence-corrected chi connectivity index (χ4v) is 7.70. The van der Waals surface area contributed by atoms with Crippen molar-refractivity contribution in [3.8, 4) is 0 Å². The van der Waals surface area contributed by atoms with Gasteiger partial charge in [-0.25, -0.2) is 0 Å². The Morgan fingerprint density at radius 3 is 2.77 bits per heavy atom. The first-order valence-electron chi connectivity index (χ1n) is 9.82. The smallest absolute Gasteiger partial charge is 0.0984 e. The lowest BCUT2D eigenvalue weighted by atomic mass is 9.47. The van der Waals surface area contributed by atoms with Gasteiger partial charge >= 0.3 is 0 Å². The van der Waals surface area contributed by atoms with Crippen molar-refractivity contribution < 1.29 is 0 Å². The zero-order valence-corrected chi connectivity index (χ0v) is 14.4. The van der Waals surface area contributed by atoms with E-state index in [1.165, 1.54) is 57.8 Å². The Bertz CT molecular complexity index is 500. The van der Waals surface area contributed by atoms with E-state index >= 15 is 0 Å². The maximum atomic E-state index is 3.57. The van der Waals surface area contributed by atoms with E-state index in [1.807, 2.05) is 0 Å². The van der Waals surface area contributed by atoms with Gasteiger partial charge in [0.25, 0.3) is 0 Å². The van der Waals surface area contributed by atoms with Gasteiger partial charge in [-0.2, -0.15) is 0 Å². The van der Waals surface area contributed by atoms with Crippen LogP contribution in [0.2, 0.25) is 0 Å². The SMILES string of the molecule is C[C@@]12CCCC1C1CCC3N4C=CNC4CC[C@]3(C)C1CC2. The molecule has 2 heteroatoms. The molecule has 3 saturated carbocycles. The van der Waals surface area contributed by atoms with Gasteiger partial charge in [-0.3, -0.25) is 0 Å². The second-order valence-corrected chi connectivity index (χ2v) is 9.54. The number of fused-ring (bicyclic) bond motifs is 7. The summed E-state index contributed by atoms with van der Waals surface area (Å²) in [7, 11) is 0. The molecule has 1 saturated heterocycles. The van der Waals surface area contributed by atoms with Crippen molar-refractivity contribution >= 4 is 0 Å². The quantitative estimate of drug-likeness (QED) is 0.709. The number of nitrogens with zero attached hydrogens (tertiary/aromatic N) is 1. The van der Waals surface area contributed by atoms with Crippen molar-refractivity contribution in [1.29, 1.82) is 0 Å². The molecule has 5 rings (SSSR count). The molecule has 0 bridgehead atoms. The van der Waals surface area contributed by atoms with E-state index in [1.54, 1.807) is 0 Å². The first-order chi connectivity index (χ1) is 10.6. The molecule has 122 valence electrons. The summed E-state index contributed by atoms with van der Waals surface area (Å²) in [5.41, 5.74) is 1.27. The van der Waals surface area contributed by atoms with Gasteiger partial charge in [0.1, 0.15) is 0 Å². The molecule has 2 aliphatic heterocycles. The molecule has 2 heterocycles. The summed E-state index contributed by atoms with van der Waals surface area (Å²) in [5, 5.41) is 3.57. The molecule has 0 aromatic heterocycles. The molecule has 1 N–H and O–H groups in total. The predicted octanol–water partition coefficient (Wildman–Crippen LogP) is 4.48. The van der Waals surface area contributed by atoms with Crippen LogP contribution in [0.5, 0.6) is 0 Å². The van der Waals surface area contributed by atoms with Crippen LogP contribution >= 0.6 is 0 Å². The number of rotatable bonds is 0. The number of nitrogens with one attached hydrogen (secondary N) is 1. The maximum absolute atomic E-state index is 3.57. The molecule has 7 atom stereocenters. The minimum absolute atomic E-state index is 0.569. The van der Waals surface area contributed by atoms with E-state index in [0.717, 1.165) is 23.8 Å². The van der Waals surface area contributed by atoms with Gasteiger partial charge < -0.3 is 10.2 Å². The topological polar surface area (TPSA) is 15.3 Å². The molecule has 0 amide bonds. The van der Waals surface area contributed by atoms with E-state index in [0.29, 0.717) is 17.0 Å². The molecule has 2 nitrogen and oxygen atoms in total. The molecule has 22 heavy (non-hydrogen) atoms. The molecule has 0 radical (unpaired) electrons. The van der Waals surface area contributed by atoms with Crippen LogP contribution < -0.4 is 5.32 Å². The fraction of sp³-hybridized carbons (Fsp3) is 0.900. The second kappa shape index (κ2) is 4.45. The van der Waals surface area contributed by atoms with E-state index < -0.39 is 0 Å². The molecular weight excluding hydrogens is 268 g/mol. The zero-order chi connectivity index (χ0) is 14.9. The lowest BCUT2D eigenvalue weighted by Crippen LogP contribution is -2.62. The van der Waals surface area contributed by atoms with Crippen LogP contribution in [0.1, 0.15) is 71.6 Å². The summed E-state index contributed by atoms with van der Waals surface area (Å²) in [5.74, 6) is 3.09. The predicted molar refractivity (Wildman–Crippen MR) is 89.9 cm³/mol. The highest BCUT2D eigenvalue weighted by Crippen LogP contribution is 2.65. The average Bonchev–Trinajstić information content (AvgIpc) is 3.11. The van der Waals surface area contributed by atoms with Crippen LogP contribution in [0, 0.1) is 28.6 Å². The highest BCUT2D eigenvalue weighted by molar-refractivity contribution is 5.13. The summed E-state index contributed by atoms with van der Waals surface area (Å²) >= 11 is 0. The van der Waals surface area contributed by atoms with Crippen molar-refractivity contribution in [1.82, 2.24) is 10.2 Å². The maximum Gasteiger partial charge on any atom is 0.0984 e. The van der Waals surface area contributed by atoms with Gasteiger partial charge in [0, 0.05) is 18.4 Å². The summed E-state index contributed by atoms with van der Waals surface area (Å²) in [6.07, 6.45) is 18.5. The molecule has 0 aromatic carbocycles. The Hall–Kier alpha value is -0.660. The Morgan fingerprint density at radius 1 is 0.955 bits per heavy atom.